The van der Waals surface area contributed by atoms with Crippen molar-refractivity contribution in [2.45, 2.75) is 34.1 Å². The van der Waals surface area contributed by atoms with Gasteiger partial charge in [-0.2, -0.15) is 12.6 Å². The maximum absolute atomic E-state index is 4.25. The van der Waals surface area contributed by atoms with Crippen LogP contribution in [0.15, 0.2) is 0 Å². The largest absolute Gasteiger partial charge is 0.303 e. The van der Waals surface area contributed by atoms with Crippen LogP contribution in [0.1, 0.15) is 34.1 Å². The third kappa shape index (κ3) is 8.63. The molecule has 0 aromatic rings. The van der Waals surface area contributed by atoms with Gasteiger partial charge in [0.1, 0.15) is 0 Å². The van der Waals surface area contributed by atoms with Crippen molar-refractivity contribution in [1.82, 2.24) is 4.90 Å². The van der Waals surface area contributed by atoms with Crippen molar-refractivity contribution in [2.75, 3.05) is 25.4 Å². The Labute approximate surface area is 89.3 Å². The first-order valence-electron chi connectivity index (χ1n) is 5.39. The maximum atomic E-state index is 4.25. The minimum atomic E-state index is 0.777. The van der Waals surface area contributed by atoms with E-state index in [-0.39, 0.29) is 0 Å². The van der Waals surface area contributed by atoms with Crippen LogP contribution in [0, 0.1) is 11.8 Å². The molecular formula is C11H25NS. The summed E-state index contributed by atoms with van der Waals surface area (Å²) in [6.07, 6.45) is 1.21. The molecule has 13 heavy (non-hydrogen) atoms. The highest BCUT2D eigenvalue weighted by atomic mass is 32.1. The third-order valence-corrected chi connectivity index (χ3v) is 2.20. The number of thiol groups is 1. The average molecular weight is 203 g/mol. The molecule has 0 rings (SSSR count). The Morgan fingerprint density at radius 3 is 1.77 bits per heavy atom. The van der Waals surface area contributed by atoms with Gasteiger partial charge in [0.25, 0.3) is 0 Å². The minimum Gasteiger partial charge on any atom is -0.303 e. The van der Waals surface area contributed by atoms with Gasteiger partial charge in [0.15, 0.2) is 0 Å². The molecule has 80 valence electrons. The van der Waals surface area contributed by atoms with E-state index < -0.39 is 0 Å². The molecule has 0 saturated carbocycles. The summed E-state index contributed by atoms with van der Waals surface area (Å²) in [6.45, 7) is 12.8. The molecule has 0 aliphatic heterocycles. The second-order valence-electron chi connectivity index (χ2n) is 4.62. The van der Waals surface area contributed by atoms with E-state index in [9.17, 15) is 0 Å². The van der Waals surface area contributed by atoms with Gasteiger partial charge in [0, 0.05) is 13.1 Å². The highest BCUT2D eigenvalue weighted by molar-refractivity contribution is 7.80. The Bertz CT molecular complexity index is 103. The average Bonchev–Trinajstić information content (AvgIpc) is 1.98. The summed E-state index contributed by atoms with van der Waals surface area (Å²) in [5.74, 6) is 2.56. The number of hydrogen-bond donors (Lipinski definition) is 1. The van der Waals surface area contributed by atoms with Gasteiger partial charge in [-0.15, -0.1) is 0 Å². The lowest BCUT2D eigenvalue weighted by Crippen LogP contribution is -2.32. The SMILES string of the molecule is CC(C)CN(CCCS)CC(C)C. The van der Waals surface area contributed by atoms with E-state index in [1.165, 1.54) is 26.1 Å². The van der Waals surface area contributed by atoms with Gasteiger partial charge >= 0.3 is 0 Å². The van der Waals surface area contributed by atoms with Crippen LogP contribution >= 0.6 is 12.6 Å². The Hall–Kier alpha value is 0.310. The van der Waals surface area contributed by atoms with Crippen molar-refractivity contribution in [3.63, 3.8) is 0 Å². The molecule has 0 amide bonds. The lowest BCUT2D eigenvalue weighted by Gasteiger charge is -2.25. The van der Waals surface area contributed by atoms with Crippen LogP contribution in [0.5, 0.6) is 0 Å². The fourth-order valence-corrected chi connectivity index (χ4v) is 1.73. The normalized spacial score (nSPS) is 12.0. The van der Waals surface area contributed by atoms with E-state index in [0.717, 1.165) is 17.6 Å². The monoisotopic (exact) mass is 203 g/mol. The summed E-state index contributed by atoms with van der Waals surface area (Å²) in [5.41, 5.74) is 0. The van der Waals surface area contributed by atoms with E-state index >= 15 is 0 Å². The summed E-state index contributed by atoms with van der Waals surface area (Å²) >= 11 is 4.25. The van der Waals surface area contributed by atoms with Crippen molar-refractivity contribution in [1.29, 1.82) is 0 Å². The highest BCUT2D eigenvalue weighted by Gasteiger charge is 2.08. The van der Waals surface area contributed by atoms with Crippen molar-refractivity contribution in [3.05, 3.63) is 0 Å². The summed E-state index contributed by atoms with van der Waals surface area (Å²) < 4.78 is 0. The molecule has 2 heteroatoms. The molecule has 0 spiro atoms. The first-order chi connectivity index (χ1) is 6.06. The van der Waals surface area contributed by atoms with Crippen LogP contribution in [0.25, 0.3) is 0 Å². The lowest BCUT2D eigenvalue weighted by molar-refractivity contribution is 0.220. The molecule has 0 bridgehead atoms. The van der Waals surface area contributed by atoms with Gasteiger partial charge < -0.3 is 4.90 Å². The van der Waals surface area contributed by atoms with Crippen molar-refractivity contribution in [3.8, 4) is 0 Å². The fourth-order valence-electron chi connectivity index (χ4n) is 1.58. The highest BCUT2D eigenvalue weighted by Crippen LogP contribution is 2.04. The van der Waals surface area contributed by atoms with Crippen molar-refractivity contribution < 1.29 is 0 Å². The van der Waals surface area contributed by atoms with E-state index in [4.69, 9.17) is 0 Å². The molecule has 0 fully saturated rings. The van der Waals surface area contributed by atoms with Crippen molar-refractivity contribution >= 4 is 12.6 Å². The second kappa shape index (κ2) is 7.69. The Kier molecular flexibility index (Phi) is 7.87. The fraction of sp³-hybridized carbons (Fsp3) is 1.00. The van der Waals surface area contributed by atoms with Gasteiger partial charge in [-0.1, -0.05) is 27.7 Å². The summed E-state index contributed by atoms with van der Waals surface area (Å²) in [5, 5.41) is 0. The summed E-state index contributed by atoms with van der Waals surface area (Å²) in [4.78, 5) is 2.56. The Morgan fingerprint density at radius 1 is 1.00 bits per heavy atom. The maximum Gasteiger partial charge on any atom is 0.000450 e. The molecule has 0 unspecified atom stereocenters. The Morgan fingerprint density at radius 2 is 1.46 bits per heavy atom. The molecule has 0 aromatic heterocycles. The van der Waals surface area contributed by atoms with E-state index in [1.807, 2.05) is 0 Å². The minimum absolute atomic E-state index is 0.777. The molecule has 0 saturated heterocycles. The Balaban J connectivity index is 3.73. The van der Waals surface area contributed by atoms with Gasteiger partial charge in [-0.05, 0) is 30.6 Å². The molecule has 0 N–H and O–H groups in total. The zero-order valence-corrected chi connectivity index (χ0v) is 10.5. The van der Waals surface area contributed by atoms with Crippen LogP contribution in [0.4, 0.5) is 0 Å². The first-order valence-corrected chi connectivity index (χ1v) is 6.02. The summed E-state index contributed by atoms with van der Waals surface area (Å²) in [6, 6.07) is 0. The number of hydrogen-bond acceptors (Lipinski definition) is 2. The van der Waals surface area contributed by atoms with Gasteiger partial charge in [-0.3, -0.25) is 0 Å². The quantitative estimate of drug-likeness (QED) is 0.623. The second-order valence-corrected chi connectivity index (χ2v) is 5.07. The zero-order chi connectivity index (χ0) is 10.3. The van der Waals surface area contributed by atoms with Crippen LogP contribution in [-0.2, 0) is 0 Å². The molecule has 0 aromatic carbocycles. The van der Waals surface area contributed by atoms with Crippen LogP contribution in [0.2, 0.25) is 0 Å². The predicted molar refractivity (Wildman–Crippen MR) is 64.6 cm³/mol. The third-order valence-electron chi connectivity index (χ3n) is 1.88. The van der Waals surface area contributed by atoms with Crippen molar-refractivity contribution in [2.24, 2.45) is 11.8 Å². The summed E-state index contributed by atoms with van der Waals surface area (Å²) in [7, 11) is 0. The van der Waals surface area contributed by atoms with Gasteiger partial charge in [0.05, 0.1) is 0 Å². The van der Waals surface area contributed by atoms with Crippen LogP contribution < -0.4 is 0 Å². The molecule has 0 aliphatic rings. The molecule has 1 nitrogen and oxygen atoms in total. The van der Waals surface area contributed by atoms with Crippen LogP contribution in [0.3, 0.4) is 0 Å². The predicted octanol–water partition coefficient (Wildman–Crippen LogP) is 2.92. The van der Waals surface area contributed by atoms with E-state index in [0.29, 0.717) is 0 Å². The van der Waals surface area contributed by atoms with Gasteiger partial charge in [-0.25, -0.2) is 0 Å². The first kappa shape index (κ1) is 13.3. The topological polar surface area (TPSA) is 3.24 Å². The van der Waals surface area contributed by atoms with E-state index in [2.05, 4.69) is 45.2 Å². The smallest absolute Gasteiger partial charge is 0.000450 e. The number of rotatable bonds is 7. The molecule has 0 aliphatic carbocycles. The standard InChI is InChI=1S/C11H25NS/c1-10(2)8-12(6-5-7-13)9-11(3)4/h10-11,13H,5-9H2,1-4H3. The number of nitrogens with zero attached hydrogens (tertiary/aromatic N) is 1. The molecule has 0 radical (unpaired) electrons. The molecule has 0 heterocycles. The van der Waals surface area contributed by atoms with Crippen LogP contribution in [-0.4, -0.2) is 30.3 Å². The van der Waals surface area contributed by atoms with Gasteiger partial charge in [0.2, 0.25) is 0 Å². The van der Waals surface area contributed by atoms with E-state index in [1.54, 1.807) is 0 Å². The molecule has 0 atom stereocenters. The zero-order valence-electron chi connectivity index (χ0n) is 9.58. The lowest BCUT2D eigenvalue weighted by atomic mass is 10.1. The molecular weight excluding hydrogens is 178 g/mol.